The van der Waals surface area contributed by atoms with Gasteiger partial charge in [0.2, 0.25) is 0 Å². The van der Waals surface area contributed by atoms with Crippen LogP contribution in [0.4, 0.5) is 0 Å². The molecule has 1 rings (SSSR count). The second-order valence-electron chi connectivity index (χ2n) is 5.29. The average molecular weight is 294 g/mol. The van der Waals surface area contributed by atoms with E-state index >= 15 is 0 Å². The Kier molecular flexibility index (Phi) is 7.29. The topological polar surface area (TPSA) is 44.7 Å². The monoisotopic (exact) mass is 294 g/mol. The maximum Gasteiger partial charge on any atom is 0.323 e. The molecule has 0 heterocycles. The van der Waals surface area contributed by atoms with Crippen molar-refractivity contribution in [3.05, 3.63) is 29.3 Å². The van der Waals surface area contributed by atoms with Gasteiger partial charge in [0.1, 0.15) is 33.9 Å². The molecule has 5 nitrogen and oxygen atoms in total. The first-order valence-electron chi connectivity index (χ1n) is 7.03. The predicted octanol–water partition coefficient (Wildman–Crippen LogP) is 1.11. The number of hydrogen-bond acceptors (Lipinski definition) is 3. The zero-order chi connectivity index (χ0) is 15.7. The maximum absolute atomic E-state index is 10.0. The minimum absolute atomic E-state index is 0.317. The van der Waals surface area contributed by atoms with E-state index < -0.39 is 0 Å². The SMILES string of the molecule is C[N+](C)=COCCc1cccc(O)c1CCOC=[N+](C)C. The van der Waals surface area contributed by atoms with Gasteiger partial charge in [-0.1, -0.05) is 12.1 Å². The molecule has 0 spiro atoms. The molecule has 21 heavy (non-hydrogen) atoms. The highest BCUT2D eigenvalue weighted by Gasteiger charge is 2.08. The molecule has 0 saturated heterocycles. The van der Waals surface area contributed by atoms with E-state index in [2.05, 4.69) is 0 Å². The number of phenols is 1. The molecular formula is C16H26N2O3+2. The van der Waals surface area contributed by atoms with E-state index in [4.69, 9.17) is 9.47 Å². The van der Waals surface area contributed by atoms with Crippen LogP contribution in [-0.2, 0) is 22.3 Å². The van der Waals surface area contributed by atoms with Crippen LogP contribution in [0, 0.1) is 0 Å². The minimum atomic E-state index is 0.317. The fourth-order valence-electron chi connectivity index (χ4n) is 1.88. The van der Waals surface area contributed by atoms with Gasteiger partial charge in [0.15, 0.2) is 0 Å². The Hall–Kier alpha value is -2.04. The summed E-state index contributed by atoms with van der Waals surface area (Å²) in [6, 6.07) is 5.58. The van der Waals surface area contributed by atoms with Gasteiger partial charge in [0.05, 0.1) is 13.2 Å². The van der Waals surface area contributed by atoms with Crippen LogP contribution >= 0.6 is 0 Å². The fraction of sp³-hybridized carbons (Fsp3) is 0.500. The van der Waals surface area contributed by atoms with E-state index in [-0.39, 0.29) is 0 Å². The van der Waals surface area contributed by atoms with Crippen molar-refractivity contribution in [2.24, 2.45) is 0 Å². The second-order valence-corrected chi connectivity index (χ2v) is 5.29. The Labute approximate surface area is 126 Å². The van der Waals surface area contributed by atoms with Gasteiger partial charge < -0.3 is 14.6 Å². The summed E-state index contributed by atoms with van der Waals surface area (Å²) in [5.74, 6) is 0.317. The molecule has 0 atom stereocenters. The number of hydrogen-bond donors (Lipinski definition) is 1. The fourth-order valence-corrected chi connectivity index (χ4v) is 1.88. The molecule has 0 unspecified atom stereocenters. The molecule has 0 saturated carbocycles. The lowest BCUT2D eigenvalue weighted by Crippen LogP contribution is -2.08. The Morgan fingerprint density at radius 3 is 2.10 bits per heavy atom. The molecule has 0 fully saturated rings. The molecule has 1 aromatic rings. The van der Waals surface area contributed by atoms with E-state index in [1.54, 1.807) is 18.9 Å². The van der Waals surface area contributed by atoms with Crippen molar-refractivity contribution in [2.45, 2.75) is 12.8 Å². The number of aromatic hydroxyl groups is 1. The number of phenolic OH excluding ortho intramolecular Hbond substituents is 1. The smallest absolute Gasteiger partial charge is 0.323 e. The Balaban J connectivity index is 2.60. The molecule has 0 aromatic heterocycles. The summed E-state index contributed by atoms with van der Waals surface area (Å²) in [6.07, 6.45) is 4.77. The summed E-state index contributed by atoms with van der Waals surface area (Å²) >= 11 is 0. The summed E-state index contributed by atoms with van der Waals surface area (Å²) in [4.78, 5) is 0. The summed E-state index contributed by atoms with van der Waals surface area (Å²) in [6.45, 7) is 1.12. The highest BCUT2D eigenvalue weighted by molar-refractivity contribution is 5.42. The predicted molar refractivity (Wildman–Crippen MR) is 83.8 cm³/mol. The van der Waals surface area contributed by atoms with Crippen LogP contribution in [0.15, 0.2) is 18.2 Å². The van der Waals surface area contributed by atoms with Crippen molar-refractivity contribution in [3.63, 3.8) is 0 Å². The van der Waals surface area contributed by atoms with Crippen LogP contribution in [-0.4, -0.2) is 68.5 Å². The molecule has 1 aromatic carbocycles. The van der Waals surface area contributed by atoms with Gasteiger partial charge in [-0.05, 0) is 11.6 Å². The molecule has 0 aliphatic rings. The van der Waals surface area contributed by atoms with Crippen molar-refractivity contribution < 1.29 is 23.7 Å². The summed E-state index contributed by atoms with van der Waals surface area (Å²) in [5, 5.41) is 10.0. The minimum Gasteiger partial charge on any atom is -0.508 e. The lowest BCUT2D eigenvalue weighted by Gasteiger charge is -2.10. The zero-order valence-corrected chi connectivity index (χ0v) is 13.4. The third-order valence-electron chi connectivity index (χ3n) is 2.78. The van der Waals surface area contributed by atoms with Crippen LogP contribution in [0.1, 0.15) is 11.1 Å². The van der Waals surface area contributed by atoms with E-state index in [1.165, 1.54) is 0 Å². The van der Waals surface area contributed by atoms with Gasteiger partial charge in [0.25, 0.3) is 0 Å². The van der Waals surface area contributed by atoms with Gasteiger partial charge in [-0.2, -0.15) is 0 Å². The first-order valence-corrected chi connectivity index (χ1v) is 7.03. The van der Waals surface area contributed by atoms with Crippen molar-refractivity contribution in [1.29, 1.82) is 0 Å². The highest BCUT2D eigenvalue weighted by atomic mass is 16.5. The maximum atomic E-state index is 10.0. The van der Waals surface area contributed by atoms with Gasteiger partial charge >= 0.3 is 12.8 Å². The zero-order valence-electron chi connectivity index (χ0n) is 13.4. The molecule has 0 aliphatic carbocycles. The normalized spacial score (nSPS) is 9.90. The van der Waals surface area contributed by atoms with Gasteiger partial charge in [-0.3, -0.25) is 0 Å². The molecule has 0 bridgehead atoms. The first-order chi connectivity index (χ1) is 10.0. The molecule has 116 valence electrons. The molecule has 1 N–H and O–H groups in total. The van der Waals surface area contributed by atoms with Crippen molar-refractivity contribution >= 4 is 12.8 Å². The Bertz CT molecular complexity index is 502. The number of benzene rings is 1. The van der Waals surface area contributed by atoms with Crippen LogP contribution < -0.4 is 0 Å². The number of nitrogens with zero attached hydrogens (tertiary/aromatic N) is 2. The van der Waals surface area contributed by atoms with E-state index in [0.29, 0.717) is 25.4 Å². The molecule has 0 amide bonds. The van der Waals surface area contributed by atoms with E-state index in [1.807, 2.05) is 49.5 Å². The van der Waals surface area contributed by atoms with Crippen LogP contribution in [0.2, 0.25) is 0 Å². The van der Waals surface area contributed by atoms with Gasteiger partial charge in [-0.15, -0.1) is 0 Å². The van der Waals surface area contributed by atoms with Crippen molar-refractivity contribution in [2.75, 3.05) is 41.4 Å². The largest absolute Gasteiger partial charge is 0.508 e. The quantitative estimate of drug-likeness (QED) is 0.338. The Morgan fingerprint density at radius 2 is 1.52 bits per heavy atom. The van der Waals surface area contributed by atoms with Crippen LogP contribution in [0.25, 0.3) is 0 Å². The molecule has 5 heteroatoms. The van der Waals surface area contributed by atoms with Crippen molar-refractivity contribution in [1.82, 2.24) is 0 Å². The van der Waals surface area contributed by atoms with E-state index in [0.717, 1.165) is 17.5 Å². The second kappa shape index (κ2) is 9.00. The lowest BCUT2D eigenvalue weighted by molar-refractivity contribution is -0.468. The van der Waals surface area contributed by atoms with Crippen LogP contribution in [0.5, 0.6) is 5.75 Å². The number of ether oxygens (including phenoxy) is 2. The molecule has 0 radical (unpaired) electrons. The Morgan fingerprint density at radius 1 is 0.952 bits per heavy atom. The van der Waals surface area contributed by atoms with Gasteiger partial charge in [-0.25, -0.2) is 9.15 Å². The number of rotatable bonds is 8. The van der Waals surface area contributed by atoms with Crippen molar-refractivity contribution in [3.8, 4) is 5.75 Å². The lowest BCUT2D eigenvalue weighted by atomic mass is 10.0. The third-order valence-corrected chi connectivity index (χ3v) is 2.78. The summed E-state index contributed by atoms with van der Waals surface area (Å²) < 4.78 is 14.5. The third kappa shape index (κ3) is 6.79. The first kappa shape index (κ1) is 17.0. The molecular weight excluding hydrogens is 268 g/mol. The average Bonchev–Trinajstić information content (AvgIpc) is 2.41. The standard InChI is InChI=1S/C16H25N2O3/c1-17(2)12-20-10-8-14-6-5-7-16(19)15(14)9-11-21-13-18(3)4/h5-7,12-13H,8-11H2,1-4H3/q+1/p+1. The van der Waals surface area contributed by atoms with Gasteiger partial charge in [0, 0.05) is 18.4 Å². The van der Waals surface area contributed by atoms with E-state index in [9.17, 15) is 5.11 Å². The summed E-state index contributed by atoms with van der Waals surface area (Å²) in [7, 11) is 7.64. The summed E-state index contributed by atoms with van der Waals surface area (Å²) in [5.41, 5.74) is 2.02. The van der Waals surface area contributed by atoms with Crippen LogP contribution in [0.3, 0.4) is 0 Å². The molecule has 0 aliphatic heterocycles. The highest BCUT2D eigenvalue weighted by Crippen LogP contribution is 2.22.